The van der Waals surface area contributed by atoms with Crippen LogP contribution in [-0.2, 0) is 9.59 Å². The zero-order valence-electron chi connectivity index (χ0n) is 20.7. The number of rotatable bonds is 6. The predicted octanol–water partition coefficient (Wildman–Crippen LogP) is 2.40. The van der Waals surface area contributed by atoms with Crippen molar-refractivity contribution in [2.45, 2.75) is 45.3 Å². The molecular formula is C26H31N7O3. The van der Waals surface area contributed by atoms with E-state index in [1.54, 1.807) is 6.92 Å². The van der Waals surface area contributed by atoms with Gasteiger partial charge in [0.1, 0.15) is 11.6 Å². The van der Waals surface area contributed by atoms with Crippen LogP contribution in [-0.4, -0.2) is 75.1 Å². The van der Waals surface area contributed by atoms with E-state index in [0.29, 0.717) is 30.6 Å². The van der Waals surface area contributed by atoms with Crippen LogP contribution in [0.3, 0.4) is 0 Å². The van der Waals surface area contributed by atoms with Gasteiger partial charge < -0.3 is 24.4 Å². The highest BCUT2D eigenvalue weighted by atomic mass is 16.5. The van der Waals surface area contributed by atoms with Crippen LogP contribution in [0.4, 0.5) is 5.69 Å². The number of hydrogen-bond donors (Lipinski definition) is 1. The molecule has 36 heavy (non-hydrogen) atoms. The van der Waals surface area contributed by atoms with E-state index in [-0.39, 0.29) is 23.8 Å². The Morgan fingerprint density at radius 3 is 2.58 bits per heavy atom. The molecular weight excluding hydrogens is 458 g/mol. The fourth-order valence-electron chi connectivity index (χ4n) is 5.10. The van der Waals surface area contributed by atoms with Gasteiger partial charge in [-0.05, 0) is 38.0 Å². The van der Waals surface area contributed by atoms with Gasteiger partial charge >= 0.3 is 0 Å². The van der Waals surface area contributed by atoms with Crippen molar-refractivity contribution in [1.82, 2.24) is 29.7 Å². The predicted molar refractivity (Wildman–Crippen MR) is 135 cm³/mol. The topological polar surface area (TPSA) is 105 Å². The molecule has 188 valence electrons. The first-order valence-electron chi connectivity index (χ1n) is 12.7. The summed E-state index contributed by atoms with van der Waals surface area (Å²) in [6.07, 6.45) is 6.31. The first kappa shape index (κ1) is 22.8. The molecule has 1 aliphatic carbocycles. The first-order valence-corrected chi connectivity index (χ1v) is 12.7. The number of carbonyl (C=O) groups is 2. The van der Waals surface area contributed by atoms with E-state index in [0.717, 1.165) is 61.4 Å². The van der Waals surface area contributed by atoms with Crippen molar-refractivity contribution in [3.63, 3.8) is 0 Å². The number of hydrogen-bond acceptors (Lipinski definition) is 7. The van der Waals surface area contributed by atoms with Crippen molar-refractivity contribution in [2.75, 3.05) is 37.6 Å². The van der Waals surface area contributed by atoms with E-state index in [1.165, 1.54) is 0 Å². The minimum Gasteiger partial charge on any atom is -0.473 e. The number of aromatic nitrogens is 4. The summed E-state index contributed by atoms with van der Waals surface area (Å²) < 4.78 is 8.58. The number of pyridine rings is 2. The van der Waals surface area contributed by atoms with Crippen molar-refractivity contribution in [2.24, 2.45) is 5.92 Å². The Morgan fingerprint density at radius 2 is 1.94 bits per heavy atom. The maximum Gasteiger partial charge on any atom is 0.241 e. The van der Waals surface area contributed by atoms with Crippen LogP contribution in [0.2, 0.25) is 0 Å². The lowest BCUT2D eigenvalue weighted by Gasteiger charge is -2.35. The fraction of sp³-hybridized carbons (Fsp3) is 0.500. The number of nitrogens with one attached hydrogen (secondary N) is 1. The lowest BCUT2D eigenvalue weighted by atomic mass is 10.0. The fourth-order valence-corrected chi connectivity index (χ4v) is 5.10. The molecule has 5 heterocycles. The Morgan fingerprint density at radius 1 is 1.14 bits per heavy atom. The van der Waals surface area contributed by atoms with E-state index in [2.05, 4.69) is 25.8 Å². The maximum absolute atomic E-state index is 11.7. The highest BCUT2D eigenvalue weighted by molar-refractivity contribution is 5.84. The smallest absolute Gasteiger partial charge is 0.241 e. The number of nitrogens with zero attached hydrogens (tertiary/aromatic N) is 6. The number of ether oxygens (including phenoxy) is 1. The van der Waals surface area contributed by atoms with Gasteiger partial charge in [0.05, 0.1) is 35.1 Å². The zero-order chi connectivity index (χ0) is 24.8. The average molecular weight is 490 g/mol. The third-order valence-electron chi connectivity index (χ3n) is 7.53. The summed E-state index contributed by atoms with van der Waals surface area (Å²) in [6.45, 7) is 7.26. The molecule has 3 aromatic heterocycles. The van der Waals surface area contributed by atoms with E-state index in [1.807, 2.05) is 36.5 Å². The van der Waals surface area contributed by atoms with Gasteiger partial charge in [0.15, 0.2) is 0 Å². The highest BCUT2D eigenvalue weighted by Crippen LogP contribution is 2.40. The van der Waals surface area contributed by atoms with Crippen LogP contribution >= 0.6 is 0 Å². The van der Waals surface area contributed by atoms with Crippen LogP contribution in [0.1, 0.15) is 39.2 Å². The molecule has 1 saturated carbocycles. The number of amides is 2. The third kappa shape index (κ3) is 4.36. The van der Waals surface area contributed by atoms with Gasteiger partial charge in [-0.3, -0.25) is 14.6 Å². The molecule has 10 nitrogen and oxygen atoms in total. The minimum atomic E-state index is -0.165. The summed E-state index contributed by atoms with van der Waals surface area (Å²) in [7, 11) is 0. The van der Waals surface area contributed by atoms with Crippen molar-refractivity contribution in [1.29, 1.82) is 0 Å². The van der Waals surface area contributed by atoms with Crippen LogP contribution in [0.15, 0.2) is 30.7 Å². The molecule has 2 unspecified atom stereocenters. The minimum absolute atomic E-state index is 0.0670. The molecule has 0 radical (unpaired) electrons. The molecule has 2 atom stereocenters. The summed E-state index contributed by atoms with van der Waals surface area (Å²) in [5.74, 6) is 0.843. The Kier molecular flexibility index (Phi) is 5.73. The van der Waals surface area contributed by atoms with Gasteiger partial charge in [-0.15, -0.1) is 0 Å². The second-order valence-corrected chi connectivity index (χ2v) is 10.0. The van der Waals surface area contributed by atoms with Gasteiger partial charge in [0.2, 0.25) is 17.7 Å². The summed E-state index contributed by atoms with van der Waals surface area (Å²) in [6, 6.07) is 6.45. The summed E-state index contributed by atoms with van der Waals surface area (Å²) in [4.78, 5) is 41.8. The molecule has 0 bridgehead atoms. The average Bonchev–Trinajstić information content (AvgIpc) is 3.49. The van der Waals surface area contributed by atoms with E-state index in [9.17, 15) is 9.59 Å². The third-order valence-corrected chi connectivity index (χ3v) is 7.53. The monoisotopic (exact) mass is 489 g/mol. The number of anilines is 1. The summed E-state index contributed by atoms with van der Waals surface area (Å²) in [5.41, 5.74) is 4.23. The Labute approximate surface area is 209 Å². The summed E-state index contributed by atoms with van der Waals surface area (Å²) in [5, 5.41) is 2.90. The molecule has 3 aliphatic rings. The van der Waals surface area contributed by atoms with Crippen molar-refractivity contribution in [3.05, 3.63) is 30.7 Å². The zero-order valence-corrected chi connectivity index (χ0v) is 20.7. The molecule has 3 fully saturated rings. The van der Waals surface area contributed by atoms with E-state index < -0.39 is 0 Å². The molecule has 1 N–H and O–H groups in total. The van der Waals surface area contributed by atoms with E-state index in [4.69, 9.17) is 14.7 Å². The lowest BCUT2D eigenvalue weighted by Crippen LogP contribution is -2.48. The van der Waals surface area contributed by atoms with Crippen molar-refractivity contribution >= 4 is 28.5 Å². The van der Waals surface area contributed by atoms with Crippen molar-refractivity contribution < 1.29 is 14.3 Å². The van der Waals surface area contributed by atoms with Gasteiger partial charge in [-0.1, -0.05) is 0 Å². The quantitative estimate of drug-likeness (QED) is 0.567. The molecule has 3 aromatic rings. The maximum atomic E-state index is 11.7. The largest absolute Gasteiger partial charge is 0.473 e. The highest BCUT2D eigenvalue weighted by Gasteiger charge is 2.31. The van der Waals surface area contributed by atoms with E-state index >= 15 is 0 Å². The number of carbonyl (C=O) groups excluding carboxylic acids is 2. The van der Waals surface area contributed by atoms with Gasteiger partial charge in [-0.25, -0.2) is 9.97 Å². The molecule has 0 aromatic carbocycles. The van der Waals surface area contributed by atoms with Gasteiger partial charge in [0.25, 0.3) is 0 Å². The van der Waals surface area contributed by atoms with Gasteiger partial charge in [0, 0.05) is 58.0 Å². The Balaban J connectivity index is 1.27. The van der Waals surface area contributed by atoms with Gasteiger partial charge in [-0.2, -0.15) is 0 Å². The molecule has 0 spiro atoms. The second kappa shape index (κ2) is 9.07. The van der Waals surface area contributed by atoms with Crippen LogP contribution in [0.5, 0.6) is 5.88 Å². The SMILES string of the molecule is CC(=O)N1CCN(c2ccc(-c3cc4ncn(C5CC5)c4c(OC(C)C4CNC(=O)C4)n3)nc2)CC1. The molecule has 6 rings (SSSR count). The first-order chi connectivity index (χ1) is 17.5. The Bertz CT molecular complexity index is 1290. The van der Waals surface area contributed by atoms with Crippen molar-refractivity contribution in [3.8, 4) is 17.3 Å². The number of piperazine rings is 1. The van der Waals surface area contributed by atoms with Crippen LogP contribution in [0, 0.1) is 5.92 Å². The Hall–Kier alpha value is -3.69. The molecule has 2 amide bonds. The normalized spacial score (nSPS) is 21.1. The van der Waals surface area contributed by atoms with Crippen LogP contribution < -0.4 is 15.0 Å². The number of imidazole rings is 1. The molecule has 10 heteroatoms. The number of fused-ring (bicyclic) bond motifs is 1. The summed E-state index contributed by atoms with van der Waals surface area (Å²) >= 11 is 0. The standard InChI is InChI=1S/C26H31N7O3/c1-16(18-11-24(35)28-13-18)36-26-25-23(29-15-33(25)19-3-4-19)12-22(30-26)21-6-5-20(14-27-21)32-9-7-31(8-10-32)17(2)34/h5-6,12,14-16,18-19H,3-4,7-11,13H2,1-2H3,(H,28,35). The van der Waals surface area contributed by atoms with Crippen LogP contribution in [0.25, 0.3) is 22.4 Å². The second-order valence-electron chi connectivity index (χ2n) is 10.0. The lowest BCUT2D eigenvalue weighted by molar-refractivity contribution is -0.129. The molecule has 2 saturated heterocycles. The molecule has 2 aliphatic heterocycles.